The molecule has 0 aromatic heterocycles. The van der Waals surface area contributed by atoms with Crippen LogP contribution in [0, 0.1) is 0 Å². The summed E-state index contributed by atoms with van der Waals surface area (Å²) in [6.45, 7) is 4.02. The molecule has 0 aromatic carbocycles. The molecule has 0 saturated carbocycles. The van der Waals surface area contributed by atoms with Crippen molar-refractivity contribution in [2.45, 2.75) is 50.6 Å². The van der Waals surface area contributed by atoms with Crippen molar-refractivity contribution < 1.29 is 13.2 Å². The van der Waals surface area contributed by atoms with Crippen LogP contribution in [0.15, 0.2) is 0 Å². The average molecular weight is 291 g/mol. The lowest BCUT2D eigenvalue weighted by molar-refractivity contribution is 0.0492. The lowest BCUT2D eigenvalue weighted by Gasteiger charge is -2.40. The molecule has 2 aliphatic rings. The quantitative estimate of drug-likeness (QED) is 0.775. The van der Waals surface area contributed by atoms with Gasteiger partial charge in [0, 0.05) is 32.3 Å². The van der Waals surface area contributed by atoms with Crippen LogP contribution < -0.4 is 10.5 Å². The minimum absolute atomic E-state index is 0.0703. The predicted octanol–water partition coefficient (Wildman–Crippen LogP) is 0.203. The summed E-state index contributed by atoms with van der Waals surface area (Å²) in [5.74, 6) is 0. The van der Waals surface area contributed by atoms with E-state index in [1.54, 1.807) is 4.31 Å². The number of nitrogens with zero attached hydrogens (tertiary/aromatic N) is 1. The first-order valence-corrected chi connectivity index (χ1v) is 8.52. The van der Waals surface area contributed by atoms with Gasteiger partial charge in [-0.05, 0) is 32.6 Å². The Morgan fingerprint density at radius 2 is 2.05 bits per heavy atom. The lowest BCUT2D eigenvalue weighted by Crippen LogP contribution is -2.61. The number of hydrogen-bond acceptors (Lipinski definition) is 4. The van der Waals surface area contributed by atoms with Gasteiger partial charge in [0.2, 0.25) is 0 Å². The Morgan fingerprint density at radius 3 is 2.63 bits per heavy atom. The van der Waals surface area contributed by atoms with Crippen LogP contribution in [0.4, 0.5) is 0 Å². The second-order valence-electron chi connectivity index (χ2n) is 5.66. The van der Waals surface area contributed by atoms with Gasteiger partial charge in [-0.2, -0.15) is 17.4 Å². The van der Waals surface area contributed by atoms with Crippen molar-refractivity contribution in [2.24, 2.45) is 5.73 Å². The fourth-order valence-corrected chi connectivity index (χ4v) is 4.77. The lowest BCUT2D eigenvalue weighted by atomic mass is 9.92. The van der Waals surface area contributed by atoms with Crippen molar-refractivity contribution >= 4 is 10.2 Å². The van der Waals surface area contributed by atoms with Gasteiger partial charge in [0.15, 0.2) is 0 Å². The molecule has 0 radical (unpaired) electrons. The van der Waals surface area contributed by atoms with Crippen molar-refractivity contribution in [1.82, 2.24) is 9.03 Å². The van der Waals surface area contributed by atoms with E-state index in [0.717, 1.165) is 19.3 Å². The standard InChI is InChI=1S/C12H25N3O3S/c1-11-4-2-3-7-15(11)19(16,17)14-12(10-13)5-8-18-9-6-12/h11,14H,2-10,13H2,1H3. The van der Waals surface area contributed by atoms with Crippen molar-refractivity contribution in [3.05, 3.63) is 0 Å². The molecule has 1 atom stereocenters. The van der Waals surface area contributed by atoms with E-state index in [2.05, 4.69) is 4.72 Å². The molecule has 2 fully saturated rings. The molecule has 112 valence electrons. The zero-order valence-electron chi connectivity index (χ0n) is 11.6. The zero-order chi connectivity index (χ0) is 13.9. The molecule has 7 heteroatoms. The van der Waals surface area contributed by atoms with Crippen LogP contribution in [0.1, 0.15) is 39.0 Å². The highest BCUT2D eigenvalue weighted by Gasteiger charge is 2.39. The summed E-state index contributed by atoms with van der Waals surface area (Å²) in [7, 11) is -3.45. The summed E-state index contributed by atoms with van der Waals surface area (Å²) < 4.78 is 34.8. The Labute approximate surface area is 115 Å². The zero-order valence-corrected chi connectivity index (χ0v) is 12.4. The normalized spacial score (nSPS) is 29.3. The number of ether oxygens (including phenoxy) is 1. The number of nitrogens with one attached hydrogen (secondary N) is 1. The molecule has 0 bridgehead atoms. The Balaban J connectivity index is 2.10. The van der Waals surface area contributed by atoms with E-state index in [1.807, 2.05) is 6.92 Å². The fourth-order valence-electron chi connectivity index (χ4n) is 2.87. The summed E-state index contributed by atoms with van der Waals surface area (Å²) in [5.41, 5.74) is 5.28. The summed E-state index contributed by atoms with van der Waals surface area (Å²) in [6, 6.07) is 0.0703. The van der Waals surface area contributed by atoms with Crippen LogP contribution in [0.25, 0.3) is 0 Å². The van der Waals surface area contributed by atoms with E-state index in [4.69, 9.17) is 10.5 Å². The molecule has 6 nitrogen and oxygen atoms in total. The maximum absolute atomic E-state index is 12.5. The third-order valence-electron chi connectivity index (χ3n) is 4.24. The maximum Gasteiger partial charge on any atom is 0.280 e. The third kappa shape index (κ3) is 3.46. The summed E-state index contributed by atoms with van der Waals surface area (Å²) in [4.78, 5) is 0. The van der Waals surface area contributed by atoms with Gasteiger partial charge in [-0.25, -0.2) is 0 Å². The van der Waals surface area contributed by atoms with Gasteiger partial charge in [0.25, 0.3) is 10.2 Å². The highest BCUT2D eigenvalue weighted by molar-refractivity contribution is 7.87. The summed E-state index contributed by atoms with van der Waals surface area (Å²) >= 11 is 0. The Bertz CT molecular complexity index is 393. The Hall–Kier alpha value is -0.210. The molecule has 0 aromatic rings. The van der Waals surface area contributed by atoms with Gasteiger partial charge in [0.1, 0.15) is 0 Å². The van der Waals surface area contributed by atoms with Crippen LogP contribution >= 0.6 is 0 Å². The second kappa shape index (κ2) is 6.05. The average Bonchev–Trinajstić information content (AvgIpc) is 2.39. The van der Waals surface area contributed by atoms with Gasteiger partial charge in [0.05, 0.1) is 5.54 Å². The van der Waals surface area contributed by atoms with Crippen molar-refractivity contribution in [2.75, 3.05) is 26.3 Å². The van der Waals surface area contributed by atoms with Gasteiger partial charge in [-0.15, -0.1) is 0 Å². The van der Waals surface area contributed by atoms with E-state index >= 15 is 0 Å². The SMILES string of the molecule is CC1CCCCN1S(=O)(=O)NC1(CN)CCOCC1. The van der Waals surface area contributed by atoms with E-state index in [-0.39, 0.29) is 6.04 Å². The molecule has 3 N–H and O–H groups in total. The van der Waals surface area contributed by atoms with Gasteiger partial charge >= 0.3 is 0 Å². The van der Waals surface area contributed by atoms with E-state index in [9.17, 15) is 8.42 Å². The second-order valence-corrected chi connectivity index (χ2v) is 7.28. The fraction of sp³-hybridized carbons (Fsp3) is 1.00. The molecule has 2 aliphatic heterocycles. The highest BCUT2D eigenvalue weighted by Crippen LogP contribution is 2.24. The number of piperidine rings is 1. The van der Waals surface area contributed by atoms with E-state index in [1.165, 1.54) is 0 Å². The molecule has 0 amide bonds. The van der Waals surface area contributed by atoms with Gasteiger partial charge in [-0.3, -0.25) is 0 Å². The molecule has 2 rings (SSSR count). The Morgan fingerprint density at radius 1 is 1.37 bits per heavy atom. The molecule has 0 spiro atoms. The molecule has 19 heavy (non-hydrogen) atoms. The minimum Gasteiger partial charge on any atom is -0.381 e. The smallest absolute Gasteiger partial charge is 0.280 e. The van der Waals surface area contributed by atoms with Gasteiger partial charge in [-0.1, -0.05) is 6.42 Å². The first-order chi connectivity index (χ1) is 8.99. The monoisotopic (exact) mass is 291 g/mol. The van der Waals surface area contributed by atoms with E-state index < -0.39 is 15.7 Å². The summed E-state index contributed by atoms with van der Waals surface area (Å²) in [5, 5.41) is 0. The van der Waals surface area contributed by atoms with Crippen LogP contribution in [0.2, 0.25) is 0 Å². The van der Waals surface area contributed by atoms with Crippen LogP contribution in [0.3, 0.4) is 0 Å². The highest BCUT2D eigenvalue weighted by atomic mass is 32.2. The third-order valence-corrected chi connectivity index (χ3v) is 6.09. The van der Waals surface area contributed by atoms with Crippen molar-refractivity contribution in [1.29, 1.82) is 0 Å². The van der Waals surface area contributed by atoms with Crippen LogP contribution in [0.5, 0.6) is 0 Å². The number of hydrogen-bond donors (Lipinski definition) is 2. The maximum atomic E-state index is 12.5. The molecular formula is C12H25N3O3S. The van der Waals surface area contributed by atoms with Crippen molar-refractivity contribution in [3.63, 3.8) is 0 Å². The molecule has 2 heterocycles. The largest absolute Gasteiger partial charge is 0.381 e. The topological polar surface area (TPSA) is 84.7 Å². The van der Waals surface area contributed by atoms with Crippen LogP contribution in [-0.2, 0) is 14.9 Å². The minimum atomic E-state index is -3.45. The predicted molar refractivity (Wildman–Crippen MR) is 73.9 cm³/mol. The van der Waals surface area contributed by atoms with Crippen molar-refractivity contribution in [3.8, 4) is 0 Å². The summed E-state index contributed by atoms with van der Waals surface area (Å²) in [6.07, 6.45) is 4.25. The first kappa shape index (κ1) is 15.2. The van der Waals surface area contributed by atoms with Gasteiger partial charge < -0.3 is 10.5 Å². The van der Waals surface area contributed by atoms with E-state index in [0.29, 0.717) is 39.1 Å². The Kier molecular flexibility index (Phi) is 4.84. The number of rotatable bonds is 4. The first-order valence-electron chi connectivity index (χ1n) is 7.08. The number of nitrogens with two attached hydrogens (primary N) is 1. The van der Waals surface area contributed by atoms with Crippen LogP contribution in [-0.4, -0.2) is 50.6 Å². The molecule has 1 unspecified atom stereocenters. The molecule has 0 aliphatic carbocycles. The molecular weight excluding hydrogens is 266 g/mol. The molecule has 2 saturated heterocycles.